The molecule has 0 fully saturated rings. The van der Waals surface area contributed by atoms with E-state index >= 15 is 0 Å². The highest BCUT2D eigenvalue weighted by molar-refractivity contribution is 9.10. The number of methoxy groups -OCH3 is 1. The molecular weight excluding hydrogens is 536 g/mol. The van der Waals surface area contributed by atoms with Crippen LogP contribution in [0.2, 0.25) is 0 Å². The Morgan fingerprint density at radius 3 is 2.31 bits per heavy atom. The first-order chi connectivity index (χ1) is 17.5. The lowest BCUT2D eigenvalue weighted by atomic mass is 9.97. The average molecular weight is 557 g/mol. The van der Waals surface area contributed by atoms with E-state index in [9.17, 15) is 9.59 Å². The average Bonchev–Trinajstić information content (AvgIpc) is 3.32. The number of rotatable bonds is 5. The molecule has 5 nitrogen and oxygen atoms in total. The largest absolute Gasteiger partial charge is 0.465 e. The molecule has 5 rings (SSSR count). The molecule has 0 unspecified atom stereocenters. The minimum Gasteiger partial charge on any atom is -0.465 e. The molecule has 36 heavy (non-hydrogen) atoms. The number of carbonyl (C=O) groups excluding carboxylic acids is 2. The number of benzene rings is 3. The number of fused-ring (bicyclic) bond motifs is 1. The number of para-hydroxylation sites is 1. The lowest BCUT2D eigenvalue weighted by Crippen LogP contribution is -2.17. The molecule has 2 heterocycles. The van der Waals surface area contributed by atoms with Gasteiger partial charge in [-0.15, -0.1) is 11.3 Å². The van der Waals surface area contributed by atoms with Crippen LogP contribution >= 0.6 is 27.3 Å². The molecule has 3 aromatic carbocycles. The van der Waals surface area contributed by atoms with Crippen LogP contribution in [0.25, 0.3) is 33.3 Å². The molecule has 0 bridgehead atoms. The van der Waals surface area contributed by atoms with Crippen LogP contribution in [0.1, 0.15) is 26.3 Å². The van der Waals surface area contributed by atoms with Gasteiger partial charge < -0.3 is 10.1 Å². The van der Waals surface area contributed by atoms with Gasteiger partial charge in [-0.3, -0.25) is 4.79 Å². The summed E-state index contributed by atoms with van der Waals surface area (Å²) < 4.78 is 6.01. The van der Waals surface area contributed by atoms with Crippen molar-refractivity contribution in [3.8, 4) is 22.4 Å². The normalized spacial score (nSPS) is 10.9. The molecule has 0 saturated carbocycles. The third-order valence-corrected chi connectivity index (χ3v) is 7.40. The van der Waals surface area contributed by atoms with E-state index in [0.717, 1.165) is 37.8 Å². The maximum atomic E-state index is 13.8. The number of hydrogen-bond acceptors (Lipinski definition) is 5. The van der Waals surface area contributed by atoms with Crippen LogP contribution in [0.15, 0.2) is 88.7 Å². The van der Waals surface area contributed by atoms with E-state index in [1.807, 2.05) is 91.2 Å². The molecule has 0 saturated heterocycles. The highest BCUT2D eigenvalue weighted by Gasteiger charge is 2.25. The van der Waals surface area contributed by atoms with Crippen molar-refractivity contribution in [1.82, 2.24) is 4.98 Å². The van der Waals surface area contributed by atoms with Gasteiger partial charge in [0.2, 0.25) is 0 Å². The van der Waals surface area contributed by atoms with Crippen LogP contribution < -0.4 is 5.32 Å². The van der Waals surface area contributed by atoms with Gasteiger partial charge in [0.1, 0.15) is 10.6 Å². The summed E-state index contributed by atoms with van der Waals surface area (Å²) in [6.45, 7) is 1.90. The van der Waals surface area contributed by atoms with Gasteiger partial charge in [-0.05, 0) is 36.2 Å². The van der Waals surface area contributed by atoms with E-state index in [1.165, 1.54) is 18.4 Å². The van der Waals surface area contributed by atoms with Crippen molar-refractivity contribution >= 4 is 55.0 Å². The van der Waals surface area contributed by atoms with E-state index in [1.54, 1.807) is 0 Å². The van der Waals surface area contributed by atoms with Crippen LogP contribution in [-0.2, 0) is 4.74 Å². The third kappa shape index (κ3) is 4.43. The Balaban J connectivity index is 1.62. The summed E-state index contributed by atoms with van der Waals surface area (Å²) in [5.41, 5.74) is 5.58. The predicted octanol–water partition coefficient (Wildman–Crippen LogP) is 7.74. The Bertz CT molecular complexity index is 1590. The van der Waals surface area contributed by atoms with Gasteiger partial charge in [0.15, 0.2) is 0 Å². The number of carbonyl (C=O) groups is 2. The second-order valence-corrected chi connectivity index (χ2v) is 9.95. The molecule has 178 valence electrons. The highest BCUT2D eigenvalue weighted by Crippen LogP contribution is 2.38. The predicted molar refractivity (Wildman–Crippen MR) is 149 cm³/mol. The van der Waals surface area contributed by atoms with Crippen molar-refractivity contribution in [1.29, 1.82) is 0 Å². The lowest BCUT2D eigenvalue weighted by Gasteiger charge is -2.15. The Kier molecular flexibility index (Phi) is 6.67. The molecule has 7 heteroatoms. The quantitative estimate of drug-likeness (QED) is 0.225. The fraction of sp³-hybridized carbons (Fsp3) is 0.0690. The number of hydrogen-bond donors (Lipinski definition) is 1. The van der Waals surface area contributed by atoms with Gasteiger partial charge in [-0.2, -0.15) is 0 Å². The number of halogens is 1. The Labute approximate surface area is 220 Å². The minimum absolute atomic E-state index is 0.308. The van der Waals surface area contributed by atoms with Crippen LogP contribution in [0.3, 0.4) is 0 Å². The van der Waals surface area contributed by atoms with E-state index in [-0.39, 0.29) is 5.91 Å². The van der Waals surface area contributed by atoms with Crippen molar-refractivity contribution in [2.75, 3.05) is 12.4 Å². The van der Waals surface area contributed by atoms with Crippen molar-refractivity contribution in [2.24, 2.45) is 0 Å². The monoisotopic (exact) mass is 556 g/mol. The van der Waals surface area contributed by atoms with Crippen molar-refractivity contribution in [2.45, 2.75) is 6.92 Å². The van der Waals surface area contributed by atoms with Crippen molar-refractivity contribution in [3.05, 3.63) is 105 Å². The number of nitrogens with one attached hydrogen (secondary N) is 1. The molecular formula is C29H21BrN2O3S. The van der Waals surface area contributed by atoms with Gasteiger partial charge >= 0.3 is 5.97 Å². The van der Waals surface area contributed by atoms with Gasteiger partial charge in [0.05, 0.1) is 23.9 Å². The number of pyridine rings is 1. The van der Waals surface area contributed by atoms with E-state index in [0.29, 0.717) is 21.7 Å². The SMILES string of the molecule is COC(=O)c1c(-c2ccc(Br)cc2)csc1NC(=O)c1c(C)c(-c2ccccc2)nc2ccccc12. The lowest BCUT2D eigenvalue weighted by molar-refractivity contribution is 0.0603. The molecule has 1 amide bonds. The van der Waals surface area contributed by atoms with E-state index < -0.39 is 5.97 Å². The number of ether oxygens (including phenoxy) is 1. The number of esters is 1. The summed E-state index contributed by atoms with van der Waals surface area (Å²) in [6, 6.07) is 25.0. The van der Waals surface area contributed by atoms with Crippen LogP contribution in [0, 0.1) is 6.92 Å². The van der Waals surface area contributed by atoms with Crippen molar-refractivity contribution in [3.63, 3.8) is 0 Å². The Hall–Kier alpha value is -3.81. The van der Waals surface area contributed by atoms with Crippen LogP contribution in [-0.4, -0.2) is 24.0 Å². The fourth-order valence-corrected chi connectivity index (χ4v) is 5.46. The van der Waals surface area contributed by atoms with Gasteiger partial charge in [-0.1, -0.05) is 76.6 Å². The molecule has 0 aliphatic heterocycles. The molecule has 0 atom stereocenters. The van der Waals surface area contributed by atoms with E-state index in [2.05, 4.69) is 21.2 Å². The summed E-state index contributed by atoms with van der Waals surface area (Å²) in [6.07, 6.45) is 0. The summed E-state index contributed by atoms with van der Waals surface area (Å²) in [5.74, 6) is -0.816. The smallest absolute Gasteiger partial charge is 0.341 e. The fourth-order valence-electron chi connectivity index (χ4n) is 4.24. The number of anilines is 1. The minimum atomic E-state index is -0.509. The molecule has 2 aromatic heterocycles. The zero-order valence-corrected chi connectivity index (χ0v) is 21.9. The van der Waals surface area contributed by atoms with Gasteiger partial charge in [0.25, 0.3) is 5.91 Å². The maximum Gasteiger partial charge on any atom is 0.341 e. The van der Waals surface area contributed by atoms with Crippen molar-refractivity contribution < 1.29 is 14.3 Å². The number of nitrogens with zero attached hydrogens (tertiary/aromatic N) is 1. The summed E-state index contributed by atoms with van der Waals surface area (Å²) >= 11 is 4.73. The zero-order chi connectivity index (χ0) is 25.2. The summed E-state index contributed by atoms with van der Waals surface area (Å²) in [4.78, 5) is 31.5. The second kappa shape index (κ2) is 10.0. The summed E-state index contributed by atoms with van der Waals surface area (Å²) in [5, 5.41) is 6.04. The zero-order valence-electron chi connectivity index (χ0n) is 19.5. The first-order valence-corrected chi connectivity index (χ1v) is 12.9. The van der Waals surface area contributed by atoms with E-state index in [4.69, 9.17) is 9.72 Å². The Morgan fingerprint density at radius 2 is 1.58 bits per heavy atom. The highest BCUT2D eigenvalue weighted by atomic mass is 79.9. The molecule has 0 aliphatic carbocycles. The Morgan fingerprint density at radius 1 is 0.889 bits per heavy atom. The number of aromatic nitrogens is 1. The number of amides is 1. The molecule has 5 aromatic rings. The van der Waals surface area contributed by atoms with Crippen LogP contribution in [0.4, 0.5) is 5.00 Å². The van der Waals surface area contributed by atoms with Crippen LogP contribution in [0.5, 0.6) is 0 Å². The summed E-state index contributed by atoms with van der Waals surface area (Å²) in [7, 11) is 1.34. The first kappa shape index (κ1) is 23.9. The first-order valence-electron chi connectivity index (χ1n) is 11.2. The molecule has 0 aliphatic rings. The maximum absolute atomic E-state index is 13.8. The van der Waals surface area contributed by atoms with Gasteiger partial charge in [0, 0.05) is 26.4 Å². The molecule has 0 radical (unpaired) electrons. The molecule has 1 N–H and O–H groups in total. The second-order valence-electron chi connectivity index (χ2n) is 8.15. The standard InChI is InChI=1S/C29H21BrN2O3S/c1-17-24(21-10-6-7-11-23(21)31-26(17)19-8-4-3-5-9-19)27(33)32-28-25(29(34)35-2)22(16-36-28)18-12-14-20(30)15-13-18/h3-16H,1-2H3,(H,32,33). The number of thiophene rings is 1. The third-order valence-electron chi connectivity index (χ3n) is 5.97. The molecule has 0 spiro atoms. The topological polar surface area (TPSA) is 68.3 Å². The van der Waals surface area contributed by atoms with Gasteiger partial charge in [-0.25, -0.2) is 9.78 Å².